The van der Waals surface area contributed by atoms with Crippen LogP contribution in [-0.2, 0) is 11.2 Å². The molecule has 1 fully saturated rings. The van der Waals surface area contributed by atoms with Gasteiger partial charge in [0.1, 0.15) is 11.5 Å². The summed E-state index contributed by atoms with van der Waals surface area (Å²) in [4.78, 5) is 26.8. The van der Waals surface area contributed by atoms with Crippen molar-refractivity contribution in [3.8, 4) is 11.5 Å². The Bertz CT molecular complexity index is 1060. The fourth-order valence-electron chi connectivity index (χ4n) is 4.60. The zero-order valence-corrected chi connectivity index (χ0v) is 21.9. The number of carbonyl (C=O) groups is 2. The van der Waals surface area contributed by atoms with Crippen LogP contribution in [0.3, 0.4) is 0 Å². The fraction of sp³-hybridized carbons (Fsp3) is 0.500. The summed E-state index contributed by atoms with van der Waals surface area (Å²) in [5.74, 6) is -3.42. The van der Waals surface area contributed by atoms with Crippen molar-refractivity contribution >= 4 is 12.0 Å². The third kappa shape index (κ3) is 7.11. The number of nitrogens with one attached hydrogen (secondary N) is 1. The minimum Gasteiger partial charge on any atom is -0.494 e. The number of nitrogens with zero attached hydrogens (tertiary/aromatic N) is 1. The molecule has 9 heteroatoms. The van der Waals surface area contributed by atoms with E-state index in [0.717, 1.165) is 16.7 Å². The molecule has 0 bridgehead atoms. The van der Waals surface area contributed by atoms with Gasteiger partial charge in [-0.25, -0.2) is 18.4 Å². The van der Waals surface area contributed by atoms with E-state index in [2.05, 4.69) is 5.32 Å². The molecule has 3 rings (SSSR count). The molecule has 1 atom stereocenters. The van der Waals surface area contributed by atoms with E-state index in [1.54, 1.807) is 18.2 Å². The summed E-state index contributed by atoms with van der Waals surface area (Å²) in [6, 6.07) is 12.3. The van der Waals surface area contributed by atoms with Crippen LogP contribution in [0.25, 0.3) is 0 Å². The van der Waals surface area contributed by atoms with Gasteiger partial charge < -0.3 is 24.8 Å². The van der Waals surface area contributed by atoms with Crippen LogP contribution in [-0.4, -0.2) is 53.2 Å². The Kier molecular flexibility index (Phi) is 8.99. The maximum absolute atomic E-state index is 13.7. The maximum atomic E-state index is 13.7. The SMILES string of the molecule is CCOc1cc(OCC)cc(C(C)N(CCCc2ccc(C)cc2)C(=O)NC2(C(=O)O)CC(F)(F)C2)c1. The van der Waals surface area contributed by atoms with Gasteiger partial charge >= 0.3 is 12.0 Å². The predicted molar refractivity (Wildman–Crippen MR) is 136 cm³/mol. The lowest BCUT2D eigenvalue weighted by Gasteiger charge is -2.45. The number of aryl methyl sites for hydroxylation is 2. The molecule has 2 N–H and O–H groups in total. The summed E-state index contributed by atoms with van der Waals surface area (Å²) in [7, 11) is 0. The van der Waals surface area contributed by atoms with Crippen LogP contribution < -0.4 is 14.8 Å². The average molecular weight is 519 g/mol. The van der Waals surface area contributed by atoms with Crippen molar-refractivity contribution in [3.63, 3.8) is 0 Å². The number of carbonyl (C=O) groups excluding carboxylic acids is 1. The van der Waals surface area contributed by atoms with Crippen molar-refractivity contribution in [1.29, 1.82) is 0 Å². The van der Waals surface area contributed by atoms with Crippen molar-refractivity contribution < 1.29 is 33.0 Å². The molecule has 1 saturated carbocycles. The van der Waals surface area contributed by atoms with E-state index < -0.39 is 42.3 Å². The van der Waals surface area contributed by atoms with Gasteiger partial charge in [0.05, 0.1) is 19.3 Å². The van der Waals surface area contributed by atoms with E-state index in [9.17, 15) is 23.5 Å². The number of urea groups is 1. The minimum absolute atomic E-state index is 0.287. The summed E-state index contributed by atoms with van der Waals surface area (Å²) in [6.45, 7) is 8.72. The molecule has 2 aromatic rings. The first-order valence-electron chi connectivity index (χ1n) is 12.6. The largest absolute Gasteiger partial charge is 0.494 e. The number of ether oxygens (including phenoxy) is 2. The number of carboxylic acid groups (broad SMARTS) is 1. The second-order valence-electron chi connectivity index (χ2n) is 9.59. The molecule has 0 aromatic heterocycles. The highest BCUT2D eigenvalue weighted by Crippen LogP contribution is 2.46. The van der Waals surface area contributed by atoms with Crippen molar-refractivity contribution in [2.24, 2.45) is 0 Å². The second-order valence-corrected chi connectivity index (χ2v) is 9.59. The van der Waals surface area contributed by atoms with E-state index in [0.29, 0.717) is 37.6 Å². The molecule has 0 saturated heterocycles. The quantitative estimate of drug-likeness (QED) is 0.374. The Morgan fingerprint density at radius 1 is 1.05 bits per heavy atom. The number of rotatable bonds is 12. The highest BCUT2D eigenvalue weighted by molar-refractivity contribution is 5.88. The monoisotopic (exact) mass is 518 g/mol. The predicted octanol–water partition coefficient (Wildman–Crippen LogP) is 5.75. The van der Waals surface area contributed by atoms with Gasteiger partial charge in [0.15, 0.2) is 5.54 Å². The zero-order chi connectivity index (χ0) is 27.2. The van der Waals surface area contributed by atoms with Gasteiger partial charge in [0, 0.05) is 25.5 Å². The first-order chi connectivity index (χ1) is 17.5. The van der Waals surface area contributed by atoms with Gasteiger partial charge in [-0.1, -0.05) is 29.8 Å². The second kappa shape index (κ2) is 11.8. The van der Waals surface area contributed by atoms with Gasteiger partial charge in [-0.3, -0.25) is 0 Å². The van der Waals surface area contributed by atoms with Crippen LogP contribution in [0.5, 0.6) is 11.5 Å². The standard InChI is InChI=1S/C28H36F2N2O5/c1-5-36-23-14-22(15-24(16-23)37-6-2)20(4)32(13-7-8-21-11-9-19(3)10-12-21)26(35)31-27(25(33)34)17-28(29,30)18-27/h9-12,14-16,20H,5-8,13,17-18H2,1-4H3,(H,31,35)(H,33,34). The zero-order valence-electron chi connectivity index (χ0n) is 21.9. The van der Waals surface area contributed by atoms with Crippen molar-refractivity contribution in [2.75, 3.05) is 19.8 Å². The molecule has 0 aliphatic heterocycles. The molecular formula is C28H36F2N2O5. The normalized spacial score (nSPS) is 16.3. The molecule has 1 aliphatic carbocycles. The van der Waals surface area contributed by atoms with Crippen LogP contribution in [0, 0.1) is 6.92 Å². The topological polar surface area (TPSA) is 88.1 Å². The number of halogens is 2. The molecule has 1 aliphatic rings. The molecule has 2 amide bonds. The first kappa shape index (κ1) is 28.2. The van der Waals surface area contributed by atoms with Gasteiger partial charge in [-0.15, -0.1) is 0 Å². The summed E-state index contributed by atoms with van der Waals surface area (Å²) < 4.78 is 38.7. The summed E-state index contributed by atoms with van der Waals surface area (Å²) in [6.07, 6.45) is -0.565. The Balaban J connectivity index is 1.86. The highest BCUT2D eigenvalue weighted by Gasteiger charge is 2.62. The molecule has 202 valence electrons. The number of alkyl halides is 2. The number of benzene rings is 2. The number of hydrogen-bond acceptors (Lipinski definition) is 4. The Hall–Kier alpha value is -3.36. The molecule has 37 heavy (non-hydrogen) atoms. The number of carboxylic acids is 1. The average Bonchev–Trinajstić information content (AvgIpc) is 2.81. The Morgan fingerprint density at radius 3 is 2.11 bits per heavy atom. The van der Waals surface area contributed by atoms with Crippen LogP contribution in [0.1, 0.15) is 62.8 Å². The van der Waals surface area contributed by atoms with Gasteiger partial charge in [-0.05, 0) is 63.8 Å². The van der Waals surface area contributed by atoms with Crippen LogP contribution >= 0.6 is 0 Å². The minimum atomic E-state index is -3.12. The van der Waals surface area contributed by atoms with E-state index >= 15 is 0 Å². The van der Waals surface area contributed by atoms with Crippen LogP contribution in [0.2, 0.25) is 0 Å². The number of hydrogen-bond donors (Lipinski definition) is 2. The molecule has 0 radical (unpaired) electrons. The summed E-state index contributed by atoms with van der Waals surface area (Å²) in [5.41, 5.74) is 0.993. The molecule has 0 heterocycles. The smallest absolute Gasteiger partial charge is 0.329 e. The van der Waals surface area contributed by atoms with Crippen molar-refractivity contribution in [2.45, 2.75) is 70.9 Å². The van der Waals surface area contributed by atoms with Crippen LogP contribution in [0.4, 0.5) is 13.6 Å². The summed E-state index contributed by atoms with van der Waals surface area (Å²) >= 11 is 0. The fourth-order valence-corrected chi connectivity index (χ4v) is 4.60. The third-order valence-electron chi connectivity index (χ3n) is 6.60. The van der Waals surface area contributed by atoms with E-state index in [-0.39, 0.29) is 6.54 Å². The lowest BCUT2D eigenvalue weighted by atomic mass is 9.73. The van der Waals surface area contributed by atoms with E-state index in [1.165, 1.54) is 4.90 Å². The van der Waals surface area contributed by atoms with Crippen molar-refractivity contribution in [1.82, 2.24) is 10.2 Å². The third-order valence-corrected chi connectivity index (χ3v) is 6.60. The molecule has 1 unspecified atom stereocenters. The highest BCUT2D eigenvalue weighted by atomic mass is 19.3. The molecule has 0 spiro atoms. The van der Waals surface area contributed by atoms with Gasteiger partial charge in [0.2, 0.25) is 0 Å². The first-order valence-corrected chi connectivity index (χ1v) is 12.6. The van der Waals surface area contributed by atoms with Crippen LogP contribution in [0.15, 0.2) is 42.5 Å². The van der Waals surface area contributed by atoms with E-state index in [1.807, 2.05) is 52.0 Å². The maximum Gasteiger partial charge on any atom is 0.329 e. The Labute approximate surface area is 216 Å². The number of aliphatic carboxylic acids is 1. The summed E-state index contributed by atoms with van der Waals surface area (Å²) in [5, 5.41) is 12.1. The molecule has 2 aromatic carbocycles. The molecular weight excluding hydrogens is 482 g/mol. The van der Waals surface area contributed by atoms with Gasteiger partial charge in [0.25, 0.3) is 5.92 Å². The van der Waals surface area contributed by atoms with Gasteiger partial charge in [-0.2, -0.15) is 0 Å². The van der Waals surface area contributed by atoms with E-state index in [4.69, 9.17) is 9.47 Å². The van der Waals surface area contributed by atoms with Crippen molar-refractivity contribution in [3.05, 3.63) is 59.2 Å². The molecule has 7 nitrogen and oxygen atoms in total. The lowest BCUT2D eigenvalue weighted by Crippen LogP contribution is -2.68. The lowest BCUT2D eigenvalue weighted by molar-refractivity contribution is -0.175. The number of amides is 2. The Morgan fingerprint density at radius 2 is 1.62 bits per heavy atom.